The second-order valence-electron chi connectivity index (χ2n) is 7.18. The van der Waals surface area contributed by atoms with Crippen molar-refractivity contribution in [1.29, 1.82) is 0 Å². The molecule has 0 heterocycles. The number of nitrogens with one attached hydrogen (secondary N) is 2. The SMILES string of the molecule is COc1ccc(/C=C(\NC(=O)c2ccc(C)cc2)C(=O)N[C@H](C(=O)O)C(C)C)cc1. The minimum Gasteiger partial charge on any atom is -0.497 e. The first-order valence-corrected chi connectivity index (χ1v) is 9.48. The van der Waals surface area contributed by atoms with Gasteiger partial charge in [0.1, 0.15) is 17.5 Å². The van der Waals surface area contributed by atoms with Crippen LogP contribution in [0.3, 0.4) is 0 Å². The summed E-state index contributed by atoms with van der Waals surface area (Å²) in [5, 5.41) is 14.4. The zero-order valence-corrected chi connectivity index (χ0v) is 17.4. The molecule has 7 heteroatoms. The lowest BCUT2D eigenvalue weighted by atomic mass is 10.0. The van der Waals surface area contributed by atoms with E-state index >= 15 is 0 Å². The highest BCUT2D eigenvalue weighted by Crippen LogP contribution is 2.14. The predicted molar refractivity (Wildman–Crippen MR) is 114 cm³/mol. The van der Waals surface area contributed by atoms with E-state index in [1.54, 1.807) is 69.5 Å². The van der Waals surface area contributed by atoms with Crippen LogP contribution in [0.1, 0.15) is 35.3 Å². The molecule has 0 fully saturated rings. The molecule has 0 bridgehead atoms. The number of methoxy groups -OCH3 is 1. The van der Waals surface area contributed by atoms with Gasteiger partial charge in [-0.05, 0) is 48.7 Å². The number of carboxylic acids is 1. The maximum absolute atomic E-state index is 12.8. The summed E-state index contributed by atoms with van der Waals surface area (Å²) in [6, 6.07) is 12.7. The topological polar surface area (TPSA) is 105 Å². The first-order valence-electron chi connectivity index (χ1n) is 9.48. The number of amides is 2. The number of rotatable bonds is 8. The van der Waals surface area contributed by atoms with Crippen LogP contribution < -0.4 is 15.4 Å². The van der Waals surface area contributed by atoms with Gasteiger partial charge in [0, 0.05) is 5.56 Å². The Hall–Kier alpha value is -3.61. The van der Waals surface area contributed by atoms with Gasteiger partial charge in [-0.15, -0.1) is 0 Å². The average Bonchev–Trinajstić information content (AvgIpc) is 2.71. The summed E-state index contributed by atoms with van der Waals surface area (Å²) >= 11 is 0. The van der Waals surface area contributed by atoms with Crippen LogP contribution in [0.15, 0.2) is 54.2 Å². The molecule has 2 aromatic rings. The molecular weight excluding hydrogens is 384 g/mol. The van der Waals surface area contributed by atoms with Crippen LogP contribution in [0.5, 0.6) is 5.75 Å². The van der Waals surface area contributed by atoms with Gasteiger partial charge in [0.15, 0.2) is 0 Å². The van der Waals surface area contributed by atoms with Crippen molar-refractivity contribution in [2.45, 2.75) is 26.8 Å². The minimum absolute atomic E-state index is 0.0577. The molecule has 0 aliphatic carbocycles. The molecule has 0 saturated heterocycles. The van der Waals surface area contributed by atoms with E-state index in [-0.39, 0.29) is 11.6 Å². The maximum atomic E-state index is 12.8. The van der Waals surface area contributed by atoms with E-state index in [1.165, 1.54) is 6.08 Å². The van der Waals surface area contributed by atoms with Gasteiger partial charge in [0.25, 0.3) is 11.8 Å². The van der Waals surface area contributed by atoms with Gasteiger partial charge in [0.05, 0.1) is 7.11 Å². The third kappa shape index (κ3) is 6.20. The van der Waals surface area contributed by atoms with Crippen molar-refractivity contribution in [3.05, 3.63) is 70.9 Å². The van der Waals surface area contributed by atoms with Crippen molar-refractivity contribution in [3.8, 4) is 5.75 Å². The zero-order valence-electron chi connectivity index (χ0n) is 17.4. The smallest absolute Gasteiger partial charge is 0.326 e. The lowest BCUT2D eigenvalue weighted by Gasteiger charge is -2.19. The molecule has 1 atom stereocenters. The number of hydrogen-bond donors (Lipinski definition) is 3. The van der Waals surface area contributed by atoms with Crippen molar-refractivity contribution < 1.29 is 24.2 Å². The van der Waals surface area contributed by atoms with Gasteiger partial charge in [-0.2, -0.15) is 0 Å². The van der Waals surface area contributed by atoms with Crippen molar-refractivity contribution >= 4 is 23.9 Å². The van der Waals surface area contributed by atoms with Crippen LogP contribution in [-0.4, -0.2) is 36.0 Å². The maximum Gasteiger partial charge on any atom is 0.326 e. The third-order valence-corrected chi connectivity index (χ3v) is 4.45. The van der Waals surface area contributed by atoms with Crippen LogP contribution in [0.4, 0.5) is 0 Å². The van der Waals surface area contributed by atoms with Crippen LogP contribution in [0, 0.1) is 12.8 Å². The Morgan fingerprint density at radius 1 is 1.00 bits per heavy atom. The average molecular weight is 410 g/mol. The Kier molecular flexibility index (Phi) is 7.75. The number of aryl methyl sites for hydroxylation is 1. The molecule has 0 saturated carbocycles. The zero-order chi connectivity index (χ0) is 22.3. The van der Waals surface area contributed by atoms with Crippen molar-refractivity contribution in [2.75, 3.05) is 7.11 Å². The molecular formula is C23H26N2O5. The molecule has 3 N–H and O–H groups in total. The summed E-state index contributed by atoms with van der Waals surface area (Å²) < 4.78 is 5.12. The van der Waals surface area contributed by atoms with E-state index in [9.17, 15) is 19.5 Å². The number of ether oxygens (including phenoxy) is 1. The Morgan fingerprint density at radius 3 is 2.10 bits per heavy atom. The van der Waals surface area contributed by atoms with E-state index in [1.807, 2.05) is 6.92 Å². The largest absolute Gasteiger partial charge is 0.497 e. The Morgan fingerprint density at radius 2 is 1.60 bits per heavy atom. The summed E-state index contributed by atoms with van der Waals surface area (Å²) in [7, 11) is 1.55. The Balaban J connectivity index is 2.33. The number of carboxylic acid groups (broad SMARTS) is 1. The molecule has 30 heavy (non-hydrogen) atoms. The lowest BCUT2D eigenvalue weighted by Crippen LogP contribution is -2.47. The molecule has 2 rings (SSSR count). The highest BCUT2D eigenvalue weighted by atomic mass is 16.5. The van der Waals surface area contributed by atoms with Crippen molar-refractivity contribution in [2.24, 2.45) is 5.92 Å². The number of carbonyl (C=O) groups excluding carboxylic acids is 2. The van der Waals surface area contributed by atoms with Gasteiger partial charge in [-0.1, -0.05) is 43.7 Å². The molecule has 0 aromatic heterocycles. The summed E-state index contributed by atoms with van der Waals surface area (Å²) in [6.45, 7) is 5.29. The molecule has 158 valence electrons. The van der Waals surface area contributed by atoms with Crippen LogP contribution in [0.25, 0.3) is 6.08 Å². The molecule has 0 unspecified atom stereocenters. The molecule has 2 aromatic carbocycles. The fraction of sp³-hybridized carbons (Fsp3) is 0.261. The number of benzene rings is 2. The van der Waals surface area contributed by atoms with Gasteiger partial charge in [0.2, 0.25) is 0 Å². The number of aliphatic carboxylic acids is 1. The summed E-state index contributed by atoms with van der Waals surface area (Å²) in [5.41, 5.74) is 1.96. The van der Waals surface area contributed by atoms with Gasteiger partial charge >= 0.3 is 5.97 Å². The van der Waals surface area contributed by atoms with E-state index in [4.69, 9.17) is 4.74 Å². The van der Waals surface area contributed by atoms with E-state index < -0.39 is 23.8 Å². The second-order valence-corrected chi connectivity index (χ2v) is 7.18. The first kappa shape index (κ1) is 22.7. The Bertz CT molecular complexity index is 931. The van der Waals surface area contributed by atoms with Gasteiger partial charge in [-0.3, -0.25) is 9.59 Å². The quantitative estimate of drug-likeness (QED) is 0.580. The van der Waals surface area contributed by atoms with Gasteiger partial charge in [-0.25, -0.2) is 4.79 Å². The predicted octanol–water partition coefficient (Wildman–Crippen LogP) is 3.00. The molecule has 0 aliphatic rings. The van der Waals surface area contributed by atoms with Crippen molar-refractivity contribution in [3.63, 3.8) is 0 Å². The third-order valence-electron chi connectivity index (χ3n) is 4.45. The monoisotopic (exact) mass is 410 g/mol. The molecule has 0 radical (unpaired) electrons. The molecule has 0 aliphatic heterocycles. The number of carbonyl (C=O) groups is 3. The van der Waals surface area contributed by atoms with Crippen molar-refractivity contribution in [1.82, 2.24) is 10.6 Å². The lowest BCUT2D eigenvalue weighted by molar-refractivity contribution is -0.142. The summed E-state index contributed by atoms with van der Waals surface area (Å²) in [5.74, 6) is -1.99. The van der Waals surface area contributed by atoms with E-state index in [0.717, 1.165) is 5.56 Å². The highest BCUT2D eigenvalue weighted by Gasteiger charge is 2.25. The van der Waals surface area contributed by atoms with E-state index in [2.05, 4.69) is 10.6 Å². The molecule has 0 spiro atoms. The number of hydrogen-bond acceptors (Lipinski definition) is 4. The molecule has 2 amide bonds. The minimum atomic E-state index is -1.15. The van der Waals surface area contributed by atoms with Gasteiger partial charge < -0.3 is 20.5 Å². The highest BCUT2D eigenvalue weighted by molar-refractivity contribution is 6.06. The summed E-state index contributed by atoms with van der Waals surface area (Å²) in [4.78, 5) is 36.9. The van der Waals surface area contributed by atoms with Crippen LogP contribution in [-0.2, 0) is 9.59 Å². The molecule has 7 nitrogen and oxygen atoms in total. The second kappa shape index (κ2) is 10.2. The van der Waals surface area contributed by atoms with E-state index in [0.29, 0.717) is 16.9 Å². The van der Waals surface area contributed by atoms with Crippen LogP contribution >= 0.6 is 0 Å². The standard InChI is InChI=1S/C23H26N2O5/c1-14(2)20(23(28)29)25-22(27)19(13-16-7-11-18(30-4)12-8-16)24-21(26)17-9-5-15(3)6-10-17/h5-14,20H,1-4H3,(H,24,26)(H,25,27)(H,28,29)/b19-13-/t20-/m0/s1. The van der Waals surface area contributed by atoms with Crippen LogP contribution in [0.2, 0.25) is 0 Å². The first-order chi connectivity index (χ1) is 14.2. The summed E-state index contributed by atoms with van der Waals surface area (Å²) in [6.07, 6.45) is 1.49. The normalized spacial score (nSPS) is 12.2. The Labute approximate surface area is 175 Å². The fourth-order valence-electron chi connectivity index (χ4n) is 2.66. The fourth-order valence-corrected chi connectivity index (χ4v) is 2.66.